The zero-order valence-corrected chi connectivity index (χ0v) is 25.0. The van der Waals surface area contributed by atoms with Crippen molar-refractivity contribution in [3.63, 3.8) is 0 Å². The van der Waals surface area contributed by atoms with Gasteiger partial charge in [-0.05, 0) is 98.1 Å². The van der Waals surface area contributed by atoms with Gasteiger partial charge in [-0.25, -0.2) is 10.2 Å². The van der Waals surface area contributed by atoms with Gasteiger partial charge in [-0.15, -0.1) is 0 Å². The smallest absolute Gasteiger partial charge is 0.343 e. The number of nitrogens with zero attached hydrogens (tertiary/aromatic N) is 1. The van der Waals surface area contributed by atoms with Gasteiger partial charge in [0.05, 0.1) is 25.0 Å². The first-order valence-electron chi connectivity index (χ1n) is 14.4. The highest BCUT2D eigenvalue weighted by Gasteiger charge is 2.15. The first kappa shape index (κ1) is 31.6. The predicted octanol–water partition coefficient (Wildman–Crippen LogP) is 6.59. The first-order valence-corrected chi connectivity index (χ1v) is 14.4. The molecule has 0 aliphatic heterocycles. The first-order chi connectivity index (χ1) is 21.4. The van der Waals surface area contributed by atoms with E-state index in [4.69, 9.17) is 23.7 Å². The van der Waals surface area contributed by atoms with Crippen molar-refractivity contribution >= 4 is 18.1 Å². The third-order valence-electron chi connectivity index (χ3n) is 6.18. The summed E-state index contributed by atoms with van der Waals surface area (Å²) in [5, 5.41) is 4.04. The molecule has 1 amide bonds. The van der Waals surface area contributed by atoms with E-state index in [9.17, 15) is 9.59 Å². The van der Waals surface area contributed by atoms with E-state index in [1.54, 1.807) is 73.7 Å². The van der Waals surface area contributed by atoms with Crippen molar-refractivity contribution in [2.75, 3.05) is 13.2 Å². The molecular weight excluding hydrogens is 560 g/mol. The number of benzene rings is 4. The number of carbonyl (C=O) groups excluding carboxylic acids is 2. The molecule has 1 atom stereocenters. The summed E-state index contributed by atoms with van der Waals surface area (Å²) in [6.07, 6.45) is 1.57. The van der Waals surface area contributed by atoms with Crippen molar-refractivity contribution < 1.29 is 33.3 Å². The number of amides is 1. The summed E-state index contributed by atoms with van der Waals surface area (Å²) >= 11 is 0. The Balaban J connectivity index is 1.28. The number of hydrogen-bond donors (Lipinski definition) is 1. The van der Waals surface area contributed by atoms with Crippen molar-refractivity contribution in [1.82, 2.24) is 5.43 Å². The lowest BCUT2D eigenvalue weighted by atomic mass is 10.2. The molecule has 0 aliphatic carbocycles. The molecule has 1 N–H and O–H groups in total. The summed E-state index contributed by atoms with van der Waals surface area (Å²) in [5.74, 6) is 1.60. The Morgan fingerprint density at radius 2 is 1.48 bits per heavy atom. The molecule has 4 rings (SSSR count). The van der Waals surface area contributed by atoms with Crippen LogP contribution < -0.4 is 29.1 Å². The van der Waals surface area contributed by atoms with Crippen LogP contribution >= 0.6 is 0 Å². The topological polar surface area (TPSA) is 105 Å². The van der Waals surface area contributed by atoms with Crippen molar-refractivity contribution in [1.29, 1.82) is 0 Å². The van der Waals surface area contributed by atoms with Gasteiger partial charge < -0.3 is 23.7 Å². The van der Waals surface area contributed by atoms with E-state index in [-0.39, 0.29) is 5.75 Å². The van der Waals surface area contributed by atoms with Crippen LogP contribution in [0.5, 0.6) is 28.7 Å². The molecule has 4 aromatic rings. The van der Waals surface area contributed by atoms with E-state index < -0.39 is 18.0 Å². The summed E-state index contributed by atoms with van der Waals surface area (Å²) in [6.45, 7) is 6.91. The van der Waals surface area contributed by atoms with Crippen molar-refractivity contribution in [3.8, 4) is 28.7 Å². The number of rotatable bonds is 15. The van der Waals surface area contributed by atoms with Gasteiger partial charge in [-0.1, -0.05) is 37.3 Å². The van der Waals surface area contributed by atoms with Crippen molar-refractivity contribution in [2.24, 2.45) is 5.10 Å². The van der Waals surface area contributed by atoms with Gasteiger partial charge in [-0.2, -0.15) is 5.10 Å². The third-order valence-corrected chi connectivity index (χ3v) is 6.18. The van der Waals surface area contributed by atoms with E-state index in [1.807, 2.05) is 44.2 Å². The molecule has 0 radical (unpaired) electrons. The van der Waals surface area contributed by atoms with Gasteiger partial charge >= 0.3 is 5.97 Å². The highest BCUT2D eigenvalue weighted by atomic mass is 16.6. The number of hydrazone groups is 1. The Bertz CT molecular complexity index is 1520. The molecule has 0 heterocycles. The number of hydrogen-bond acceptors (Lipinski definition) is 8. The molecule has 44 heavy (non-hydrogen) atoms. The van der Waals surface area contributed by atoms with Crippen LogP contribution in [-0.4, -0.2) is 37.4 Å². The summed E-state index contributed by atoms with van der Waals surface area (Å²) in [6, 6.07) is 28.7. The van der Waals surface area contributed by atoms with Crippen molar-refractivity contribution in [3.05, 3.63) is 114 Å². The summed E-state index contributed by atoms with van der Waals surface area (Å²) < 4.78 is 28.4. The number of esters is 1. The molecule has 4 aromatic carbocycles. The lowest BCUT2D eigenvalue weighted by Crippen LogP contribution is -2.33. The molecule has 0 saturated carbocycles. The molecule has 9 heteroatoms. The van der Waals surface area contributed by atoms with Crippen LogP contribution in [0.4, 0.5) is 0 Å². The van der Waals surface area contributed by atoms with Crippen LogP contribution in [0.2, 0.25) is 0 Å². The van der Waals surface area contributed by atoms with E-state index in [0.717, 1.165) is 12.0 Å². The van der Waals surface area contributed by atoms with Crippen LogP contribution in [-0.2, 0) is 11.4 Å². The third kappa shape index (κ3) is 9.62. The standard InChI is InChI=1S/C35H36N2O7/c1-4-21-41-29-14-12-28(13-15-29)35(39)44-32-20-11-27(22-33(32)40-5-2)23-36-37-34(38)25(3)43-31-18-16-30(17-19-31)42-24-26-9-7-6-8-10-26/h6-20,22-23,25H,4-5,21,24H2,1-3H3,(H,37,38)/b36-23-/t25-/m0/s1. The van der Waals surface area contributed by atoms with Gasteiger partial charge in [0.25, 0.3) is 5.91 Å². The SMILES string of the molecule is CCCOc1ccc(C(=O)Oc2ccc(/C=N\NC(=O)[C@H](C)Oc3ccc(OCc4ccccc4)cc3)cc2OCC)cc1. The zero-order valence-electron chi connectivity index (χ0n) is 25.0. The zero-order chi connectivity index (χ0) is 31.1. The maximum Gasteiger partial charge on any atom is 0.343 e. The molecule has 228 valence electrons. The number of nitrogens with one attached hydrogen (secondary N) is 1. The Hall–Kier alpha value is -5.31. The highest BCUT2D eigenvalue weighted by molar-refractivity contribution is 5.92. The van der Waals surface area contributed by atoms with Gasteiger partial charge in [0.15, 0.2) is 17.6 Å². The molecule has 0 aromatic heterocycles. The minimum atomic E-state index is -0.795. The fourth-order valence-electron chi connectivity index (χ4n) is 3.90. The maximum absolute atomic E-state index is 12.7. The highest BCUT2D eigenvalue weighted by Crippen LogP contribution is 2.29. The van der Waals surface area contributed by atoms with Gasteiger partial charge in [0.2, 0.25) is 0 Å². The Morgan fingerprint density at radius 3 is 2.18 bits per heavy atom. The van der Waals surface area contributed by atoms with Crippen LogP contribution in [0.25, 0.3) is 0 Å². The molecule has 0 saturated heterocycles. The monoisotopic (exact) mass is 596 g/mol. The van der Waals surface area contributed by atoms with Gasteiger partial charge in [-0.3, -0.25) is 4.79 Å². The maximum atomic E-state index is 12.7. The minimum absolute atomic E-state index is 0.267. The van der Waals surface area contributed by atoms with E-state index in [1.165, 1.54) is 6.21 Å². The fraction of sp³-hybridized carbons (Fsp3) is 0.229. The number of carbonyl (C=O) groups is 2. The average molecular weight is 597 g/mol. The average Bonchev–Trinajstić information content (AvgIpc) is 3.05. The van der Waals surface area contributed by atoms with E-state index >= 15 is 0 Å². The quantitative estimate of drug-likeness (QED) is 0.0715. The van der Waals surface area contributed by atoms with E-state index in [2.05, 4.69) is 10.5 Å². The Morgan fingerprint density at radius 1 is 0.795 bits per heavy atom. The van der Waals surface area contributed by atoms with E-state index in [0.29, 0.717) is 53.9 Å². The van der Waals surface area contributed by atoms with Crippen molar-refractivity contribution in [2.45, 2.75) is 39.9 Å². The number of ether oxygens (including phenoxy) is 5. The molecule has 0 spiro atoms. The Kier molecular flexibility index (Phi) is 11.8. The lowest BCUT2D eigenvalue weighted by Gasteiger charge is -2.14. The minimum Gasteiger partial charge on any atom is -0.494 e. The molecule has 0 bridgehead atoms. The van der Waals surface area contributed by atoms with Crippen LogP contribution in [0.3, 0.4) is 0 Å². The molecule has 0 aliphatic rings. The van der Waals surface area contributed by atoms with Crippen LogP contribution in [0.15, 0.2) is 102 Å². The summed E-state index contributed by atoms with van der Waals surface area (Å²) in [4.78, 5) is 25.3. The second-order valence-corrected chi connectivity index (χ2v) is 9.64. The van der Waals surface area contributed by atoms with Gasteiger partial charge in [0.1, 0.15) is 23.9 Å². The van der Waals surface area contributed by atoms with Crippen LogP contribution in [0, 0.1) is 0 Å². The Labute approximate surface area is 257 Å². The summed E-state index contributed by atoms with van der Waals surface area (Å²) in [5.41, 5.74) is 4.57. The summed E-state index contributed by atoms with van der Waals surface area (Å²) in [7, 11) is 0. The molecular formula is C35H36N2O7. The fourth-order valence-corrected chi connectivity index (χ4v) is 3.90. The van der Waals surface area contributed by atoms with Crippen LogP contribution in [0.1, 0.15) is 48.7 Å². The molecule has 0 unspecified atom stereocenters. The molecule has 0 fully saturated rings. The largest absolute Gasteiger partial charge is 0.494 e. The molecule has 9 nitrogen and oxygen atoms in total. The second-order valence-electron chi connectivity index (χ2n) is 9.64. The van der Waals surface area contributed by atoms with Gasteiger partial charge in [0, 0.05) is 0 Å². The lowest BCUT2D eigenvalue weighted by molar-refractivity contribution is -0.127. The normalized spacial score (nSPS) is 11.4. The second kappa shape index (κ2) is 16.4. The predicted molar refractivity (Wildman–Crippen MR) is 168 cm³/mol.